The van der Waals surface area contributed by atoms with Gasteiger partial charge < -0.3 is 20.4 Å². The first kappa shape index (κ1) is 15.7. The summed E-state index contributed by atoms with van der Waals surface area (Å²) in [6.45, 7) is 0. The Labute approximate surface area is 95.2 Å². The molecule has 0 aliphatic heterocycles. The summed E-state index contributed by atoms with van der Waals surface area (Å²) in [6, 6.07) is 0. The molecule has 11 heteroatoms. The first-order valence-corrected chi connectivity index (χ1v) is 3.88. The number of hydrogen-bond donors (Lipinski definition) is 4. The maximum Gasteiger partial charge on any atom is 0.350 e. The van der Waals surface area contributed by atoms with Gasteiger partial charge in [-0.3, -0.25) is 14.4 Å². The van der Waals surface area contributed by atoms with Crippen LogP contribution in [0.3, 0.4) is 0 Å². The summed E-state index contributed by atoms with van der Waals surface area (Å²) in [7, 11) is 0. The molecule has 0 aromatic rings. The minimum Gasteiger partial charge on any atom is -0.480 e. The molecule has 0 aliphatic carbocycles. The molecule has 0 bridgehead atoms. The summed E-state index contributed by atoms with van der Waals surface area (Å²) in [4.78, 5) is 42.1. The first-order chi connectivity index (χ1) is 7.97. The molecule has 8 nitrogen and oxygen atoms in total. The summed E-state index contributed by atoms with van der Waals surface area (Å²) in [6.07, 6.45) is -4.70. The highest BCUT2D eigenvalue weighted by atomic mass is 19.3. The van der Waals surface area contributed by atoms with Gasteiger partial charge in [0.15, 0.2) is 0 Å². The second kappa shape index (κ2) is 4.50. The molecule has 18 heavy (non-hydrogen) atoms. The Morgan fingerprint density at radius 2 is 1.06 bits per heavy atom. The topological polar surface area (TPSA) is 149 Å². The van der Waals surface area contributed by atoms with Crippen molar-refractivity contribution in [3.63, 3.8) is 0 Å². The molecular formula is C7H5F3O8. The second-order valence-corrected chi connectivity index (χ2v) is 2.98. The van der Waals surface area contributed by atoms with Gasteiger partial charge in [-0.05, 0) is 0 Å². The summed E-state index contributed by atoms with van der Waals surface area (Å²) < 4.78 is 38.3. The number of hydrogen-bond acceptors (Lipinski definition) is 4. The first-order valence-electron chi connectivity index (χ1n) is 3.88. The number of carbonyl (C=O) groups is 4. The van der Waals surface area contributed by atoms with Gasteiger partial charge in [-0.2, -0.15) is 0 Å². The third-order valence-electron chi connectivity index (χ3n) is 2.12. The largest absolute Gasteiger partial charge is 0.480 e. The molecule has 0 saturated carbocycles. The third-order valence-corrected chi connectivity index (χ3v) is 2.12. The van der Waals surface area contributed by atoms with Crippen molar-refractivity contribution in [2.45, 2.75) is 12.1 Å². The number of rotatable bonds is 6. The summed E-state index contributed by atoms with van der Waals surface area (Å²) in [5, 5.41) is 33.4. The SMILES string of the molecule is O=C(O)C(C(=O)O)(C(=O)O)C(F)(C(=O)O)C(F)F. The van der Waals surface area contributed by atoms with Crippen LogP contribution >= 0.6 is 0 Å². The van der Waals surface area contributed by atoms with E-state index in [2.05, 4.69) is 0 Å². The van der Waals surface area contributed by atoms with Crippen molar-refractivity contribution in [3.8, 4) is 0 Å². The van der Waals surface area contributed by atoms with Crippen molar-refractivity contribution in [1.29, 1.82) is 0 Å². The van der Waals surface area contributed by atoms with Crippen LogP contribution in [0.4, 0.5) is 13.2 Å². The lowest BCUT2D eigenvalue weighted by molar-refractivity contribution is -0.210. The van der Waals surface area contributed by atoms with Gasteiger partial charge in [0.2, 0.25) is 0 Å². The van der Waals surface area contributed by atoms with Crippen LogP contribution in [-0.2, 0) is 19.2 Å². The summed E-state index contributed by atoms with van der Waals surface area (Å²) in [5.74, 6) is -12.4. The zero-order valence-electron chi connectivity index (χ0n) is 8.13. The zero-order valence-corrected chi connectivity index (χ0v) is 8.13. The van der Waals surface area contributed by atoms with E-state index in [1.165, 1.54) is 0 Å². The van der Waals surface area contributed by atoms with Gasteiger partial charge in [-0.15, -0.1) is 0 Å². The van der Waals surface area contributed by atoms with Crippen LogP contribution in [-0.4, -0.2) is 56.4 Å². The molecule has 0 aromatic heterocycles. The molecule has 1 atom stereocenters. The van der Waals surface area contributed by atoms with E-state index in [9.17, 15) is 32.3 Å². The van der Waals surface area contributed by atoms with Gasteiger partial charge in [0, 0.05) is 0 Å². The van der Waals surface area contributed by atoms with Gasteiger partial charge in [-0.1, -0.05) is 0 Å². The lowest BCUT2D eigenvalue weighted by Gasteiger charge is -2.31. The Bertz CT molecular complexity index is 383. The fraction of sp³-hybridized carbons (Fsp3) is 0.429. The van der Waals surface area contributed by atoms with E-state index < -0.39 is 41.4 Å². The fourth-order valence-electron chi connectivity index (χ4n) is 1.16. The van der Waals surface area contributed by atoms with Crippen LogP contribution in [0.25, 0.3) is 0 Å². The van der Waals surface area contributed by atoms with E-state index in [-0.39, 0.29) is 0 Å². The van der Waals surface area contributed by atoms with Crippen LogP contribution in [0, 0.1) is 5.41 Å². The van der Waals surface area contributed by atoms with Crippen molar-refractivity contribution < 1.29 is 52.8 Å². The average Bonchev–Trinajstić information content (AvgIpc) is 2.15. The van der Waals surface area contributed by atoms with E-state index in [1.807, 2.05) is 0 Å². The minimum atomic E-state index is -5.34. The third kappa shape index (κ3) is 1.63. The lowest BCUT2D eigenvalue weighted by atomic mass is 9.72. The second-order valence-electron chi connectivity index (χ2n) is 2.98. The number of halogens is 3. The predicted octanol–water partition coefficient (Wildman–Crippen LogP) is -0.715. The molecule has 0 aliphatic rings. The molecular weight excluding hydrogens is 269 g/mol. The molecule has 0 aromatic carbocycles. The van der Waals surface area contributed by atoms with Crippen molar-refractivity contribution in [2.24, 2.45) is 5.41 Å². The van der Waals surface area contributed by atoms with Gasteiger partial charge >= 0.3 is 35.0 Å². The van der Waals surface area contributed by atoms with Crippen molar-refractivity contribution in [1.82, 2.24) is 0 Å². The molecule has 0 rings (SSSR count). The van der Waals surface area contributed by atoms with Crippen LogP contribution in [0.2, 0.25) is 0 Å². The quantitative estimate of drug-likeness (QED) is 0.464. The maximum absolute atomic E-state index is 13.6. The average molecular weight is 274 g/mol. The highest BCUT2D eigenvalue weighted by Crippen LogP contribution is 2.41. The number of carboxylic acids is 4. The highest BCUT2D eigenvalue weighted by molar-refractivity contribution is 6.21. The highest BCUT2D eigenvalue weighted by Gasteiger charge is 2.78. The van der Waals surface area contributed by atoms with Crippen LogP contribution in [0.1, 0.15) is 0 Å². The zero-order chi connectivity index (χ0) is 14.9. The van der Waals surface area contributed by atoms with E-state index in [0.29, 0.717) is 0 Å². The van der Waals surface area contributed by atoms with Crippen molar-refractivity contribution in [2.75, 3.05) is 0 Å². The maximum atomic E-state index is 13.6. The Balaban J connectivity index is 6.50. The fourth-order valence-corrected chi connectivity index (χ4v) is 1.16. The molecule has 0 radical (unpaired) electrons. The van der Waals surface area contributed by atoms with Gasteiger partial charge in [0.05, 0.1) is 0 Å². The Hall–Kier alpha value is -2.33. The molecule has 0 amide bonds. The monoisotopic (exact) mass is 274 g/mol. The van der Waals surface area contributed by atoms with Crippen molar-refractivity contribution in [3.05, 3.63) is 0 Å². The van der Waals surface area contributed by atoms with Crippen LogP contribution < -0.4 is 0 Å². The van der Waals surface area contributed by atoms with E-state index in [0.717, 1.165) is 0 Å². The molecule has 0 spiro atoms. The molecule has 4 N–H and O–H groups in total. The molecule has 102 valence electrons. The van der Waals surface area contributed by atoms with Gasteiger partial charge in [-0.25, -0.2) is 18.0 Å². The Kier molecular flexibility index (Phi) is 3.92. The normalized spacial score (nSPS) is 14.9. The standard InChI is InChI=1S/C7H5F3O8/c8-1(9)7(10,5(17)18)6(2(11)12,3(13)14)4(15)16/h1H,(H,11,12)(H,13,14)(H,15,16)(H,17,18). The van der Waals surface area contributed by atoms with Gasteiger partial charge in [0.1, 0.15) is 0 Å². The lowest BCUT2D eigenvalue weighted by Crippen LogP contribution is -2.67. The van der Waals surface area contributed by atoms with E-state index in [1.54, 1.807) is 0 Å². The number of carboxylic acid groups (broad SMARTS) is 4. The molecule has 1 unspecified atom stereocenters. The Morgan fingerprint density at radius 3 is 1.11 bits per heavy atom. The predicted molar refractivity (Wildman–Crippen MR) is 42.8 cm³/mol. The van der Waals surface area contributed by atoms with Crippen molar-refractivity contribution >= 4 is 23.9 Å². The summed E-state index contributed by atoms with van der Waals surface area (Å²) >= 11 is 0. The summed E-state index contributed by atoms with van der Waals surface area (Å²) in [5.41, 5.74) is -10.2. The van der Waals surface area contributed by atoms with E-state index in [4.69, 9.17) is 20.4 Å². The molecule has 0 fully saturated rings. The van der Waals surface area contributed by atoms with Gasteiger partial charge in [0.25, 0.3) is 6.43 Å². The van der Waals surface area contributed by atoms with Crippen LogP contribution in [0.15, 0.2) is 0 Å². The van der Waals surface area contributed by atoms with E-state index >= 15 is 0 Å². The van der Waals surface area contributed by atoms with Crippen LogP contribution in [0.5, 0.6) is 0 Å². The Morgan fingerprint density at radius 1 is 0.778 bits per heavy atom. The minimum absolute atomic E-state index is 3.08. The smallest absolute Gasteiger partial charge is 0.350 e. The molecule has 0 heterocycles. The number of alkyl halides is 3. The molecule has 0 saturated heterocycles. The number of aliphatic carboxylic acids is 4.